The lowest BCUT2D eigenvalue weighted by Crippen LogP contribution is -2.38. The molecule has 3 heterocycles. The predicted octanol–water partition coefficient (Wildman–Crippen LogP) is 4.44. The number of ether oxygens (including phenoxy) is 1. The number of nitrogens with one attached hydrogen (secondary N) is 1. The van der Waals surface area contributed by atoms with Crippen LogP contribution >= 0.6 is 0 Å². The highest BCUT2D eigenvalue weighted by Gasteiger charge is 2.29. The van der Waals surface area contributed by atoms with Gasteiger partial charge in [0.15, 0.2) is 0 Å². The van der Waals surface area contributed by atoms with Gasteiger partial charge in [-0.25, -0.2) is 13.9 Å². The van der Waals surface area contributed by atoms with Crippen LogP contribution in [0.25, 0.3) is 16.8 Å². The monoisotopic (exact) mass is 597 g/mol. The number of carbonyl (C=O) groups is 2. The molecule has 0 radical (unpaired) electrons. The average molecular weight is 598 g/mol. The van der Waals surface area contributed by atoms with Gasteiger partial charge in [-0.2, -0.15) is 5.10 Å². The van der Waals surface area contributed by atoms with E-state index in [0.717, 1.165) is 16.8 Å². The van der Waals surface area contributed by atoms with E-state index in [9.17, 15) is 18.8 Å². The van der Waals surface area contributed by atoms with Crippen LogP contribution in [0.4, 0.5) is 14.9 Å². The second-order valence-electron chi connectivity index (χ2n) is 10.2. The molecule has 0 saturated carbocycles. The third-order valence-corrected chi connectivity index (χ3v) is 7.73. The molecule has 0 unspecified atom stereocenters. The van der Waals surface area contributed by atoms with E-state index in [-0.39, 0.29) is 23.4 Å². The summed E-state index contributed by atoms with van der Waals surface area (Å²) in [6, 6.07) is 17.6. The number of methoxy groups -OCH3 is 1. The number of hydrogen-bond donors (Lipinski definition) is 2. The Morgan fingerprint density at radius 3 is 2.36 bits per heavy atom. The first-order valence-corrected chi connectivity index (χ1v) is 13.9. The summed E-state index contributed by atoms with van der Waals surface area (Å²) in [6.07, 6.45) is 2.60. The minimum Gasteiger partial charge on any atom is -0.453 e. The molecule has 1 saturated heterocycles. The number of likely N-dealkylation sites (tertiary alicyclic amines) is 1. The first kappa shape index (κ1) is 30.0. The summed E-state index contributed by atoms with van der Waals surface area (Å²) in [4.78, 5) is 44.0. The van der Waals surface area contributed by atoms with Crippen molar-refractivity contribution < 1.29 is 18.7 Å². The fraction of sp³-hybridized carbons (Fsp3) is 0.219. The van der Waals surface area contributed by atoms with Gasteiger partial charge in [-0.1, -0.05) is 12.1 Å². The number of rotatable bonds is 7. The maximum absolute atomic E-state index is 13.4. The summed E-state index contributed by atoms with van der Waals surface area (Å²) in [5, 5.41) is 7.03. The quantitative estimate of drug-likeness (QED) is 0.240. The Morgan fingerprint density at radius 1 is 1.07 bits per heavy atom. The number of hydrogen-bond acceptors (Lipinski definition) is 6. The molecule has 2 aromatic heterocycles. The Labute approximate surface area is 253 Å². The van der Waals surface area contributed by atoms with E-state index >= 15 is 0 Å². The number of aromatic nitrogens is 2. The molecule has 4 aromatic rings. The number of piperidine rings is 1. The van der Waals surface area contributed by atoms with Crippen LogP contribution in [-0.2, 0) is 4.74 Å². The zero-order valence-electron chi connectivity index (χ0n) is 24.4. The van der Waals surface area contributed by atoms with E-state index in [1.165, 1.54) is 48.2 Å². The van der Waals surface area contributed by atoms with Gasteiger partial charge in [0.1, 0.15) is 22.9 Å². The maximum atomic E-state index is 13.4. The molecule has 0 atom stereocenters. The second kappa shape index (κ2) is 12.8. The Morgan fingerprint density at radius 2 is 1.75 bits per heavy atom. The Hall–Kier alpha value is -5.52. The molecule has 226 valence electrons. The van der Waals surface area contributed by atoms with Crippen LogP contribution in [0.5, 0.6) is 0 Å². The van der Waals surface area contributed by atoms with Crippen LogP contribution in [-0.4, -0.2) is 65.9 Å². The Bertz CT molecular complexity index is 1780. The lowest BCUT2D eigenvalue weighted by molar-refractivity contribution is 0.102. The first-order valence-electron chi connectivity index (χ1n) is 13.9. The lowest BCUT2D eigenvalue weighted by atomic mass is 9.93. The molecule has 12 heteroatoms. The number of amidine groups is 1. The molecule has 44 heavy (non-hydrogen) atoms. The average Bonchev–Trinajstić information content (AvgIpc) is 3.44. The molecular formula is C32H32FN7O4. The van der Waals surface area contributed by atoms with Gasteiger partial charge in [-0.15, -0.1) is 0 Å². The minimum absolute atomic E-state index is 0.0628. The molecule has 3 N–H and O–H groups in total. The number of nitrogens with two attached hydrogens (primary N) is 1. The lowest BCUT2D eigenvalue weighted by Gasteiger charge is -2.31. The number of nitrogens with zero attached hydrogens (tertiary/aromatic N) is 5. The Kier molecular flexibility index (Phi) is 8.70. The molecule has 2 amide bonds. The van der Waals surface area contributed by atoms with Gasteiger partial charge in [0.25, 0.3) is 11.5 Å². The Balaban J connectivity index is 1.40. The van der Waals surface area contributed by atoms with Crippen molar-refractivity contribution in [1.29, 1.82) is 0 Å². The van der Waals surface area contributed by atoms with Crippen molar-refractivity contribution >= 4 is 30.2 Å². The van der Waals surface area contributed by atoms with Crippen LogP contribution in [0.3, 0.4) is 0 Å². The number of anilines is 1. The van der Waals surface area contributed by atoms with Crippen molar-refractivity contribution in [2.75, 3.05) is 32.6 Å². The summed E-state index contributed by atoms with van der Waals surface area (Å²) in [5.41, 5.74) is 9.74. The van der Waals surface area contributed by atoms with Crippen molar-refractivity contribution in [3.05, 3.63) is 106 Å². The maximum Gasteiger partial charge on any atom is 0.409 e. The fourth-order valence-electron chi connectivity index (χ4n) is 5.43. The van der Waals surface area contributed by atoms with Crippen LogP contribution in [0.1, 0.15) is 40.5 Å². The zero-order chi connectivity index (χ0) is 31.4. The van der Waals surface area contributed by atoms with E-state index in [1.807, 2.05) is 18.2 Å². The van der Waals surface area contributed by atoms with Crippen molar-refractivity contribution in [1.82, 2.24) is 14.1 Å². The highest BCUT2D eigenvalue weighted by molar-refractivity contribution is 6.05. The van der Waals surface area contributed by atoms with Gasteiger partial charge in [0.05, 0.1) is 7.11 Å². The number of pyridine rings is 1. The van der Waals surface area contributed by atoms with E-state index in [1.54, 1.807) is 34.8 Å². The smallest absolute Gasteiger partial charge is 0.409 e. The van der Waals surface area contributed by atoms with E-state index in [4.69, 9.17) is 10.5 Å². The standard InChI is InChI=1S/C32H32FN7O4/c1-35-29(34)28-26(19-27(40(28)36-2)21-14-17-38(18-15-21)32(43)44-3)20-6-10-23(11-7-20)37-30(41)25-5-4-16-39(31(25)42)24-12-8-22(33)9-13-24/h4-13,16,19,21H,2,14-15,17-18H2,1,3H3,(H2,34,35)(H,37,41). The van der Waals surface area contributed by atoms with Gasteiger partial charge >= 0.3 is 6.09 Å². The zero-order valence-corrected chi connectivity index (χ0v) is 24.4. The molecule has 1 aliphatic rings. The number of aliphatic imine (C=N–C) groups is 1. The molecule has 2 aromatic carbocycles. The molecule has 11 nitrogen and oxygen atoms in total. The highest BCUT2D eigenvalue weighted by atomic mass is 19.1. The summed E-state index contributed by atoms with van der Waals surface area (Å²) in [6.45, 7) is 4.86. The third-order valence-electron chi connectivity index (χ3n) is 7.73. The van der Waals surface area contributed by atoms with Gasteiger partial charge < -0.3 is 20.7 Å². The first-order chi connectivity index (χ1) is 21.2. The van der Waals surface area contributed by atoms with Gasteiger partial charge in [0, 0.05) is 61.6 Å². The number of benzene rings is 2. The minimum atomic E-state index is -0.579. The van der Waals surface area contributed by atoms with Crippen LogP contribution in [0.2, 0.25) is 0 Å². The van der Waals surface area contributed by atoms with Gasteiger partial charge in [-0.3, -0.25) is 19.1 Å². The van der Waals surface area contributed by atoms with Gasteiger partial charge in [0.2, 0.25) is 0 Å². The van der Waals surface area contributed by atoms with E-state index in [0.29, 0.717) is 43.0 Å². The SMILES string of the molecule is C=Nn1c(C2CCN(C(=O)OC)CC2)cc(-c2ccc(NC(=O)c3cccn(-c4ccc(F)cc4)c3=O)cc2)c1/C(N)=N\C. The van der Waals surface area contributed by atoms with Gasteiger partial charge in [-0.05, 0) is 73.0 Å². The predicted molar refractivity (Wildman–Crippen MR) is 167 cm³/mol. The van der Waals surface area contributed by atoms with E-state index in [2.05, 4.69) is 22.1 Å². The van der Waals surface area contributed by atoms with Crippen LogP contribution in [0, 0.1) is 5.82 Å². The number of carbonyl (C=O) groups excluding carboxylic acids is 2. The molecule has 1 fully saturated rings. The molecule has 0 spiro atoms. The van der Waals surface area contributed by atoms with Crippen LogP contribution in [0.15, 0.2) is 87.8 Å². The van der Waals surface area contributed by atoms with Crippen molar-refractivity contribution in [3.8, 4) is 16.8 Å². The molecule has 0 aliphatic carbocycles. The number of halogens is 1. The normalized spacial score (nSPS) is 13.9. The topological polar surface area (TPSA) is 136 Å². The van der Waals surface area contributed by atoms with Crippen molar-refractivity contribution in [2.24, 2.45) is 15.8 Å². The fourth-order valence-corrected chi connectivity index (χ4v) is 5.43. The summed E-state index contributed by atoms with van der Waals surface area (Å²) in [5.74, 6) is -0.623. The highest BCUT2D eigenvalue weighted by Crippen LogP contribution is 2.36. The molecule has 0 bridgehead atoms. The summed E-state index contributed by atoms with van der Waals surface area (Å²) < 4.78 is 21.2. The third kappa shape index (κ3) is 5.87. The van der Waals surface area contributed by atoms with Crippen LogP contribution < -0.4 is 16.6 Å². The van der Waals surface area contributed by atoms with Crippen molar-refractivity contribution in [3.63, 3.8) is 0 Å². The molecule has 1 aliphatic heterocycles. The number of amides is 2. The van der Waals surface area contributed by atoms with Crippen molar-refractivity contribution in [2.45, 2.75) is 18.8 Å². The van der Waals surface area contributed by atoms with E-state index < -0.39 is 17.3 Å². The molecule has 5 rings (SSSR count). The summed E-state index contributed by atoms with van der Waals surface area (Å²) in [7, 11) is 2.97. The second-order valence-corrected chi connectivity index (χ2v) is 10.2. The largest absolute Gasteiger partial charge is 0.453 e. The summed E-state index contributed by atoms with van der Waals surface area (Å²) >= 11 is 0. The molecular weight excluding hydrogens is 565 g/mol.